The molecule has 1 N–H and O–H groups in total. The number of ether oxygens (including phenoxy) is 2. The van der Waals surface area contributed by atoms with Gasteiger partial charge in [-0.15, -0.1) is 0 Å². The highest BCUT2D eigenvalue weighted by molar-refractivity contribution is 7.91. The molecular formula is C18H17F2NO6S. The number of rotatable bonds is 8. The first kappa shape index (κ1) is 21.3. The second-order valence-electron chi connectivity index (χ2n) is 5.53. The number of nitrogens with one attached hydrogen (secondary N) is 1. The lowest BCUT2D eigenvalue weighted by molar-refractivity contribution is -0.124. The molecular weight excluding hydrogens is 396 g/mol. The van der Waals surface area contributed by atoms with Crippen LogP contribution in [0.2, 0.25) is 0 Å². The summed E-state index contributed by atoms with van der Waals surface area (Å²) >= 11 is 0. The smallest absolute Gasteiger partial charge is 0.341 e. The molecule has 0 aromatic heterocycles. The first-order valence-electron chi connectivity index (χ1n) is 7.93. The lowest BCUT2D eigenvalue weighted by Crippen LogP contribution is -2.28. The van der Waals surface area contributed by atoms with E-state index in [0.717, 1.165) is 29.8 Å². The fraction of sp³-hybridized carbons (Fsp3) is 0.222. The zero-order valence-corrected chi connectivity index (χ0v) is 15.5. The van der Waals surface area contributed by atoms with Crippen LogP contribution in [0.5, 0.6) is 5.75 Å². The lowest BCUT2D eigenvalue weighted by atomic mass is 10.2. The number of benzene rings is 2. The van der Waals surface area contributed by atoms with Crippen molar-refractivity contribution in [1.82, 2.24) is 5.32 Å². The van der Waals surface area contributed by atoms with Crippen molar-refractivity contribution in [2.75, 3.05) is 13.7 Å². The summed E-state index contributed by atoms with van der Waals surface area (Å²) in [4.78, 5) is 23.0. The standard InChI is InChI=1S/C18H17F2NO6S/c1-26-14-6-2-12(3-7-14)10-21-16(22)11-27-17(23)13-4-8-15(9-5-13)28(24,25)18(19)20/h2-9,18H,10-11H2,1H3,(H,21,22). The second-order valence-corrected chi connectivity index (χ2v) is 7.45. The molecule has 0 saturated carbocycles. The molecule has 0 aliphatic heterocycles. The molecule has 2 aromatic rings. The maximum absolute atomic E-state index is 12.5. The number of carbonyl (C=O) groups excluding carboxylic acids is 2. The third kappa shape index (κ3) is 5.49. The van der Waals surface area contributed by atoms with Crippen LogP contribution in [-0.2, 0) is 25.9 Å². The first-order chi connectivity index (χ1) is 13.2. The molecule has 0 radical (unpaired) electrons. The summed E-state index contributed by atoms with van der Waals surface area (Å²) in [6, 6.07) is 10.8. The van der Waals surface area contributed by atoms with Gasteiger partial charge in [0.2, 0.25) is 9.84 Å². The van der Waals surface area contributed by atoms with Crippen molar-refractivity contribution in [2.45, 2.75) is 17.2 Å². The molecule has 0 bridgehead atoms. The Bertz CT molecular complexity index is 928. The minimum atomic E-state index is -4.74. The topological polar surface area (TPSA) is 98.8 Å². The summed E-state index contributed by atoms with van der Waals surface area (Å²) < 4.78 is 57.4. The minimum absolute atomic E-state index is 0.0730. The Hall–Kier alpha value is -3.01. The van der Waals surface area contributed by atoms with Crippen molar-refractivity contribution in [2.24, 2.45) is 0 Å². The molecule has 0 saturated heterocycles. The van der Waals surface area contributed by atoms with Crippen LogP contribution in [0.3, 0.4) is 0 Å². The number of sulfone groups is 1. The number of amides is 1. The summed E-state index contributed by atoms with van der Waals surface area (Å²) in [7, 11) is -3.20. The van der Waals surface area contributed by atoms with E-state index in [1.807, 2.05) is 0 Å². The van der Waals surface area contributed by atoms with E-state index in [1.165, 1.54) is 7.11 Å². The van der Waals surface area contributed by atoms with E-state index >= 15 is 0 Å². The normalized spacial score (nSPS) is 11.1. The number of hydrogen-bond acceptors (Lipinski definition) is 6. The number of hydrogen-bond donors (Lipinski definition) is 1. The van der Waals surface area contributed by atoms with Gasteiger partial charge in [0.15, 0.2) is 6.61 Å². The maximum atomic E-state index is 12.5. The van der Waals surface area contributed by atoms with Gasteiger partial charge in [0.1, 0.15) is 5.75 Å². The number of alkyl halides is 2. The highest BCUT2D eigenvalue weighted by Crippen LogP contribution is 2.19. The van der Waals surface area contributed by atoms with Gasteiger partial charge in [0, 0.05) is 6.54 Å². The number of halogens is 2. The molecule has 0 atom stereocenters. The predicted octanol–water partition coefficient (Wildman–Crippen LogP) is 2.16. The first-order valence-corrected chi connectivity index (χ1v) is 9.47. The predicted molar refractivity (Wildman–Crippen MR) is 94.8 cm³/mol. The van der Waals surface area contributed by atoms with Crippen molar-refractivity contribution in [3.63, 3.8) is 0 Å². The average molecular weight is 413 g/mol. The fourth-order valence-electron chi connectivity index (χ4n) is 2.09. The molecule has 0 aliphatic carbocycles. The van der Waals surface area contributed by atoms with Crippen molar-refractivity contribution in [1.29, 1.82) is 0 Å². The Balaban J connectivity index is 1.84. The molecule has 2 aromatic carbocycles. The van der Waals surface area contributed by atoms with Crippen LogP contribution in [0.15, 0.2) is 53.4 Å². The molecule has 1 amide bonds. The second kappa shape index (κ2) is 9.27. The Morgan fingerprint density at radius 3 is 2.18 bits per heavy atom. The molecule has 2 rings (SSSR count). The molecule has 0 unspecified atom stereocenters. The molecule has 7 nitrogen and oxygen atoms in total. The van der Waals surface area contributed by atoms with E-state index in [-0.39, 0.29) is 12.1 Å². The third-order valence-electron chi connectivity index (χ3n) is 3.64. The summed E-state index contributed by atoms with van der Waals surface area (Å²) in [6.07, 6.45) is 0. The lowest BCUT2D eigenvalue weighted by Gasteiger charge is -2.08. The summed E-state index contributed by atoms with van der Waals surface area (Å²) in [5.41, 5.74) is 0.743. The SMILES string of the molecule is COc1ccc(CNC(=O)COC(=O)c2ccc(S(=O)(=O)C(F)F)cc2)cc1. The number of methoxy groups -OCH3 is 1. The van der Waals surface area contributed by atoms with E-state index < -0.39 is 39.0 Å². The molecule has 28 heavy (non-hydrogen) atoms. The van der Waals surface area contributed by atoms with Crippen molar-refractivity contribution in [3.05, 3.63) is 59.7 Å². The van der Waals surface area contributed by atoms with E-state index in [2.05, 4.69) is 5.32 Å². The van der Waals surface area contributed by atoms with Crippen LogP contribution in [0.4, 0.5) is 8.78 Å². The van der Waals surface area contributed by atoms with Gasteiger partial charge >= 0.3 is 11.7 Å². The summed E-state index contributed by atoms with van der Waals surface area (Å²) in [6.45, 7) is -0.327. The fourth-order valence-corrected chi connectivity index (χ4v) is 2.81. The van der Waals surface area contributed by atoms with Crippen molar-refractivity contribution in [3.8, 4) is 5.75 Å². The largest absolute Gasteiger partial charge is 0.497 e. The molecule has 150 valence electrons. The molecule has 0 heterocycles. The maximum Gasteiger partial charge on any atom is 0.341 e. The van der Waals surface area contributed by atoms with Gasteiger partial charge in [0.05, 0.1) is 17.6 Å². The minimum Gasteiger partial charge on any atom is -0.497 e. The Kier molecular flexibility index (Phi) is 7.05. The zero-order valence-electron chi connectivity index (χ0n) is 14.7. The van der Waals surface area contributed by atoms with Crippen LogP contribution in [0.1, 0.15) is 15.9 Å². The quantitative estimate of drug-likeness (QED) is 0.666. The molecule has 10 heteroatoms. The van der Waals surface area contributed by atoms with Crippen LogP contribution in [-0.4, -0.2) is 39.8 Å². The van der Waals surface area contributed by atoms with Gasteiger partial charge in [-0.25, -0.2) is 13.2 Å². The average Bonchev–Trinajstić information content (AvgIpc) is 2.70. The van der Waals surface area contributed by atoms with E-state index in [9.17, 15) is 26.8 Å². The summed E-state index contributed by atoms with van der Waals surface area (Å²) in [5, 5.41) is 2.57. The zero-order chi connectivity index (χ0) is 20.7. The monoisotopic (exact) mass is 413 g/mol. The van der Waals surface area contributed by atoms with Gasteiger partial charge < -0.3 is 14.8 Å². The number of esters is 1. The van der Waals surface area contributed by atoms with Gasteiger partial charge in [-0.05, 0) is 42.0 Å². The third-order valence-corrected chi connectivity index (χ3v) is 5.03. The van der Waals surface area contributed by atoms with E-state index in [0.29, 0.717) is 5.75 Å². The van der Waals surface area contributed by atoms with Crippen molar-refractivity contribution >= 4 is 21.7 Å². The van der Waals surface area contributed by atoms with Crippen LogP contribution < -0.4 is 10.1 Å². The van der Waals surface area contributed by atoms with Crippen LogP contribution in [0.25, 0.3) is 0 Å². The summed E-state index contributed by atoms with van der Waals surface area (Å²) in [5.74, 6) is -4.31. The highest BCUT2D eigenvalue weighted by atomic mass is 32.2. The Morgan fingerprint density at radius 2 is 1.64 bits per heavy atom. The van der Waals surface area contributed by atoms with E-state index in [4.69, 9.17) is 9.47 Å². The van der Waals surface area contributed by atoms with Crippen LogP contribution in [0, 0.1) is 0 Å². The van der Waals surface area contributed by atoms with Gasteiger partial charge in [-0.2, -0.15) is 8.78 Å². The number of carbonyl (C=O) groups is 2. The van der Waals surface area contributed by atoms with Gasteiger partial charge in [0.25, 0.3) is 5.91 Å². The highest BCUT2D eigenvalue weighted by Gasteiger charge is 2.26. The molecule has 0 spiro atoms. The molecule has 0 fully saturated rings. The van der Waals surface area contributed by atoms with Gasteiger partial charge in [-0.1, -0.05) is 12.1 Å². The van der Waals surface area contributed by atoms with Gasteiger partial charge in [-0.3, -0.25) is 4.79 Å². The van der Waals surface area contributed by atoms with Crippen LogP contribution >= 0.6 is 0 Å². The van der Waals surface area contributed by atoms with E-state index in [1.54, 1.807) is 24.3 Å². The Morgan fingerprint density at radius 1 is 1.04 bits per heavy atom. The van der Waals surface area contributed by atoms with Crippen molar-refractivity contribution < 1.29 is 36.3 Å². The Labute approximate surface area is 160 Å². The molecule has 0 aliphatic rings.